The van der Waals surface area contributed by atoms with Gasteiger partial charge in [0.05, 0.1) is 7.11 Å². The molecule has 2 aliphatic rings. The number of esters is 1. The van der Waals surface area contributed by atoms with Gasteiger partial charge in [-0.25, -0.2) is 0 Å². The molecular weight excluding hydrogens is 202 g/mol. The van der Waals surface area contributed by atoms with Crippen molar-refractivity contribution in [2.24, 2.45) is 5.92 Å². The number of carbonyl (C=O) groups is 1. The predicted octanol–water partition coefficient (Wildman–Crippen LogP) is 2.20. The fourth-order valence-electron chi connectivity index (χ4n) is 3.19. The summed E-state index contributed by atoms with van der Waals surface area (Å²) < 4.78 is 4.90. The molecule has 1 aliphatic heterocycles. The van der Waals surface area contributed by atoms with E-state index in [-0.39, 0.29) is 12.0 Å². The number of ether oxygens (including phenoxy) is 1. The quantitative estimate of drug-likeness (QED) is 0.675. The van der Waals surface area contributed by atoms with Crippen LogP contribution >= 0.6 is 0 Å². The molecule has 2 rings (SSSR count). The Labute approximate surface area is 98.1 Å². The lowest BCUT2D eigenvalue weighted by molar-refractivity contribution is -0.146. The smallest absolute Gasteiger partial charge is 0.323 e. The van der Waals surface area contributed by atoms with Crippen LogP contribution in [0, 0.1) is 5.92 Å². The van der Waals surface area contributed by atoms with Crippen molar-refractivity contribution in [3.63, 3.8) is 0 Å². The Morgan fingerprint density at radius 1 is 1.19 bits per heavy atom. The van der Waals surface area contributed by atoms with Crippen molar-refractivity contribution in [2.75, 3.05) is 13.7 Å². The highest BCUT2D eigenvalue weighted by molar-refractivity contribution is 5.76. The lowest BCUT2D eigenvalue weighted by atomic mass is 9.86. The third-order valence-corrected chi connectivity index (χ3v) is 4.22. The van der Waals surface area contributed by atoms with Crippen molar-refractivity contribution >= 4 is 5.97 Å². The van der Waals surface area contributed by atoms with Gasteiger partial charge >= 0.3 is 5.97 Å². The van der Waals surface area contributed by atoms with Gasteiger partial charge in [0.1, 0.15) is 6.04 Å². The summed E-state index contributed by atoms with van der Waals surface area (Å²) in [4.78, 5) is 14.1. The number of methoxy groups -OCH3 is 1. The average molecular weight is 225 g/mol. The van der Waals surface area contributed by atoms with Gasteiger partial charge in [-0.1, -0.05) is 6.92 Å². The largest absolute Gasteiger partial charge is 0.468 e. The van der Waals surface area contributed by atoms with Crippen LogP contribution in [0.5, 0.6) is 0 Å². The van der Waals surface area contributed by atoms with E-state index in [0.717, 1.165) is 25.3 Å². The Hall–Kier alpha value is -0.570. The molecule has 0 spiro atoms. The SMILES string of the molecule is COC(=O)C1CCCN1C1CCC(C)CC1. The van der Waals surface area contributed by atoms with Gasteiger partial charge in [0.25, 0.3) is 0 Å². The monoisotopic (exact) mass is 225 g/mol. The van der Waals surface area contributed by atoms with E-state index in [2.05, 4.69) is 11.8 Å². The zero-order valence-electron chi connectivity index (χ0n) is 10.4. The maximum Gasteiger partial charge on any atom is 0.323 e. The number of likely N-dealkylation sites (tertiary alicyclic amines) is 1. The zero-order chi connectivity index (χ0) is 11.5. The molecule has 1 heterocycles. The predicted molar refractivity (Wildman–Crippen MR) is 63.2 cm³/mol. The number of rotatable bonds is 2. The molecule has 0 aromatic carbocycles. The molecule has 0 N–H and O–H groups in total. The third-order valence-electron chi connectivity index (χ3n) is 4.22. The normalized spacial score (nSPS) is 36.2. The minimum absolute atomic E-state index is 0.0314. The van der Waals surface area contributed by atoms with Crippen molar-refractivity contribution in [1.29, 1.82) is 0 Å². The van der Waals surface area contributed by atoms with Gasteiger partial charge in [-0.05, 0) is 51.0 Å². The van der Waals surface area contributed by atoms with Gasteiger partial charge in [-0.15, -0.1) is 0 Å². The van der Waals surface area contributed by atoms with E-state index in [1.165, 1.54) is 32.8 Å². The van der Waals surface area contributed by atoms with E-state index in [0.29, 0.717) is 6.04 Å². The summed E-state index contributed by atoms with van der Waals surface area (Å²) in [6.07, 6.45) is 7.28. The number of hydrogen-bond acceptors (Lipinski definition) is 3. The maximum absolute atomic E-state index is 11.7. The molecule has 2 fully saturated rings. The molecular formula is C13H23NO2. The Morgan fingerprint density at radius 3 is 2.50 bits per heavy atom. The molecule has 1 atom stereocenters. The summed E-state index contributed by atoms with van der Waals surface area (Å²) in [7, 11) is 1.50. The van der Waals surface area contributed by atoms with Gasteiger partial charge in [0.15, 0.2) is 0 Å². The molecule has 0 radical (unpaired) electrons. The second-order valence-electron chi connectivity index (χ2n) is 5.33. The van der Waals surface area contributed by atoms with Gasteiger partial charge in [-0.3, -0.25) is 9.69 Å². The Morgan fingerprint density at radius 2 is 1.88 bits per heavy atom. The molecule has 1 aliphatic carbocycles. The second-order valence-corrected chi connectivity index (χ2v) is 5.33. The number of carbonyl (C=O) groups excluding carboxylic acids is 1. The van der Waals surface area contributed by atoms with Crippen LogP contribution in [-0.4, -0.2) is 36.6 Å². The van der Waals surface area contributed by atoms with E-state index in [4.69, 9.17) is 4.74 Å². The fourth-order valence-corrected chi connectivity index (χ4v) is 3.19. The summed E-state index contributed by atoms with van der Waals surface area (Å²) in [6.45, 7) is 3.41. The molecule has 3 nitrogen and oxygen atoms in total. The minimum Gasteiger partial charge on any atom is -0.468 e. The van der Waals surface area contributed by atoms with Crippen LogP contribution in [0.15, 0.2) is 0 Å². The molecule has 1 unspecified atom stereocenters. The molecule has 16 heavy (non-hydrogen) atoms. The first-order valence-corrected chi connectivity index (χ1v) is 6.56. The highest BCUT2D eigenvalue weighted by Crippen LogP contribution is 2.31. The van der Waals surface area contributed by atoms with Crippen molar-refractivity contribution < 1.29 is 9.53 Å². The van der Waals surface area contributed by atoms with Crippen LogP contribution in [0.3, 0.4) is 0 Å². The Bertz CT molecular complexity index is 246. The first kappa shape index (κ1) is 11.9. The average Bonchev–Trinajstić information content (AvgIpc) is 2.78. The molecule has 0 aromatic rings. The highest BCUT2D eigenvalue weighted by Gasteiger charge is 2.36. The van der Waals surface area contributed by atoms with Gasteiger partial charge in [0.2, 0.25) is 0 Å². The Kier molecular flexibility index (Phi) is 3.85. The first-order valence-electron chi connectivity index (χ1n) is 6.56. The minimum atomic E-state index is -0.0314. The molecule has 1 saturated heterocycles. The van der Waals surface area contributed by atoms with Crippen LogP contribution in [0.1, 0.15) is 45.4 Å². The lowest BCUT2D eigenvalue weighted by Gasteiger charge is -2.36. The van der Waals surface area contributed by atoms with Gasteiger partial charge < -0.3 is 4.74 Å². The summed E-state index contributed by atoms with van der Waals surface area (Å²) in [6, 6.07) is 0.672. The van der Waals surface area contributed by atoms with Crippen molar-refractivity contribution in [2.45, 2.75) is 57.5 Å². The third kappa shape index (κ3) is 2.40. The van der Waals surface area contributed by atoms with E-state index in [9.17, 15) is 4.79 Å². The summed E-state index contributed by atoms with van der Waals surface area (Å²) in [5.74, 6) is 0.839. The van der Waals surface area contributed by atoms with E-state index < -0.39 is 0 Å². The molecule has 0 amide bonds. The molecule has 1 saturated carbocycles. The van der Waals surface area contributed by atoms with Crippen molar-refractivity contribution in [1.82, 2.24) is 4.90 Å². The van der Waals surface area contributed by atoms with Crippen LogP contribution < -0.4 is 0 Å². The lowest BCUT2D eigenvalue weighted by Crippen LogP contribution is -2.45. The molecule has 0 aromatic heterocycles. The van der Waals surface area contributed by atoms with E-state index in [1.807, 2.05) is 0 Å². The maximum atomic E-state index is 11.7. The molecule has 0 bridgehead atoms. The highest BCUT2D eigenvalue weighted by atomic mass is 16.5. The van der Waals surface area contributed by atoms with E-state index in [1.54, 1.807) is 0 Å². The second kappa shape index (κ2) is 5.17. The van der Waals surface area contributed by atoms with Gasteiger partial charge in [0, 0.05) is 6.04 Å². The first-order chi connectivity index (χ1) is 7.72. The van der Waals surface area contributed by atoms with Crippen LogP contribution in [0.25, 0.3) is 0 Å². The number of nitrogens with zero attached hydrogens (tertiary/aromatic N) is 1. The van der Waals surface area contributed by atoms with Crippen molar-refractivity contribution in [3.8, 4) is 0 Å². The van der Waals surface area contributed by atoms with Crippen LogP contribution in [-0.2, 0) is 9.53 Å². The number of hydrogen-bond donors (Lipinski definition) is 0. The van der Waals surface area contributed by atoms with Crippen LogP contribution in [0.2, 0.25) is 0 Å². The standard InChI is InChI=1S/C13H23NO2/c1-10-5-7-11(8-6-10)14-9-3-4-12(14)13(15)16-2/h10-12H,3-9H2,1-2H3. The van der Waals surface area contributed by atoms with Crippen molar-refractivity contribution in [3.05, 3.63) is 0 Å². The summed E-state index contributed by atoms with van der Waals surface area (Å²) >= 11 is 0. The fraction of sp³-hybridized carbons (Fsp3) is 0.923. The van der Waals surface area contributed by atoms with E-state index >= 15 is 0 Å². The zero-order valence-corrected chi connectivity index (χ0v) is 10.4. The summed E-state index contributed by atoms with van der Waals surface area (Å²) in [5, 5.41) is 0. The Balaban J connectivity index is 1.94. The molecule has 92 valence electrons. The summed E-state index contributed by atoms with van der Waals surface area (Å²) in [5.41, 5.74) is 0. The topological polar surface area (TPSA) is 29.5 Å². The van der Waals surface area contributed by atoms with Crippen LogP contribution in [0.4, 0.5) is 0 Å². The van der Waals surface area contributed by atoms with Gasteiger partial charge in [-0.2, -0.15) is 0 Å². The molecule has 3 heteroatoms.